The Kier molecular flexibility index (Phi) is 6.37. The predicted molar refractivity (Wildman–Crippen MR) is 156 cm³/mol. The molecule has 9 heteroatoms. The van der Waals surface area contributed by atoms with E-state index in [0.717, 1.165) is 9.54 Å². The lowest BCUT2D eigenvalue weighted by molar-refractivity contribution is 0.482. The molecule has 1 fully saturated rings. The van der Waals surface area contributed by atoms with Crippen molar-refractivity contribution in [1.82, 2.24) is 9.40 Å². The molecule has 0 spiro atoms. The van der Waals surface area contributed by atoms with Gasteiger partial charge in [-0.1, -0.05) is 54.1 Å². The zero-order valence-corrected chi connectivity index (χ0v) is 22.4. The number of amidine groups is 1. The van der Waals surface area contributed by atoms with Gasteiger partial charge in [-0.2, -0.15) is 0 Å². The number of ether oxygens (including phenoxy) is 1. The highest BCUT2D eigenvalue weighted by molar-refractivity contribution is 7.90. The van der Waals surface area contributed by atoms with Crippen molar-refractivity contribution >= 4 is 38.2 Å². The fraction of sp³-hybridized carbons (Fsp3) is 0.0645. The van der Waals surface area contributed by atoms with Crippen LogP contribution in [0.1, 0.15) is 11.3 Å². The molecule has 0 saturated carbocycles. The van der Waals surface area contributed by atoms with E-state index in [4.69, 9.17) is 10.1 Å². The Morgan fingerprint density at radius 3 is 2.25 bits per heavy atom. The first-order valence-corrected chi connectivity index (χ1v) is 14.1. The second-order valence-corrected chi connectivity index (χ2v) is 11.2. The highest BCUT2D eigenvalue weighted by Gasteiger charge is 2.31. The van der Waals surface area contributed by atoms with Gasteiger partial charge in [0.2, 0.25) is 0 Å². The number of benzene rings is 4. The number of anilines is 1. The number of hydrogen-bond acceptors (Lipinski definition) is 6. The van der Waals surface area contributed by atoms with Crippen molar-refractivity contribution in [2.75, 3.05) is 11.6 Å². The van der Waals surface area contributed by atoms with Crippen molar-refractivity contribution in [3.63, 3.8) is 0 Å². The maximum atomic E-state index is 13.8. The van der Waals surface area contributed by atoms with Crippen molar-refractivity contribution in [2.45, 2.75) is 11.8 Å². The van der Waals surface area contributed by atoms with Crippen LogP contribution in [0.5, 0.6) is 11.5 Å². The lowest BCUT2D eigenvalue weighted by Gasteiger charge is -2.18. The normalized spacial score (nSPS) is 15.0. The molecule has 2 heterocycles. The minimum absolute atomic E-state index is 0.0127. The molecular weight excluding hydrogens is 524 g/mol. The zero-order valence-electron chi connectivity index (χ0n) is 21.6. The quantitative estimate of drug-likeness (QED) is 0.216. The molecule has 3 N–H and O–H groups in total. The molecule has 0 radical (unpaired) electrons. The van der Waals surface area contributed by atoms with Crippen molar-refractivity contribution in [3.8, 4) is 11.5 Å². The third kappa shape index (κ3) is 4.51. The second-order valence-electron chi connectivity index (χ2n) is 9.43. The Hall–Kier alpha value is -4.86. The van der Waals surface area contributed by atoms with E-state index in [0.29, 0.717) is 28.1 Å². The minimum atomic E-state index is -4.05. The van der Waals surface area contributed by atoms with E-state index >= 15 is 0 Å². The van der Waals surface area contributed by atoms with Crippen LogP contribution in [-0.4, -0.2) is 29.9 Å². The van der Waals surface area contributed by atoms with Crippen molar-refractivity contribution in [1.29, 1.82) is 5.41 Å². The highest BCUT2D eigenvalue weighted by atomic mass is 32.2. The van der Waals surface area contributed by atoms with E-state index in [1.807, 2.05) is 43.3 Å². The van der Waals surface area contributed by atoms with Crippen LogP contribution >= 0.6 is 0 Å². The standard InChI is InChI=1S/C31H26N4O4S/c1-21-11-17-26(18-12-21)40(37,38)35-28-10-6-5-7-22(28)19-29(35)30(36)27-20-33-34(31(27)32)23-13-15-25(16-14-23)39-24-8-3-2-4-9-24/h2-19,32-33,36H,20H2,1H3. The lowest BCUT2D eigenvalue weighted by Crippen LogP contribution is -2.33. The average Bonchev–Trinajstić information content (AvgIpc) is 3.55. The summed E-state index contributed by atoms with van der Waals surface area (Å²) >= 11 is 0. The van der Waals surface area contributed by atoms with Crippen LogP contribution in [-0.2, 0) is 10.0 Å². The molecule has 0 aliphatic carbocycles. The van der Waals surface area contributed by atoms with E-state index < -0.39 is 10.0 Å². The first kappa shape index (κ1) is 25.4. The van der Waals surface area contributed by atoms with Crippen LogP contribution in [0.15, 0.2) is 120 Å². The molecule has 200 valence electrons. The van der Waals surface area contributed by atoms with Crippen molar-refractivity contribution in [2.24, 2.45) is 0 Å². The number of rotatable bonds is 6. The van der Waals surface area contributed by atoms with Crippen LogP contribution in [0, 0.1) is 12.3 Å². The molecule has 1 aliphatic heterocycles. The van der Waals surface area contributed by atoms with E-state index in [1.54, 1.807) is 77.8 Å². The number of aliphatic hydroxyl groups excluding tert-OH is 1. The van der Waals surface area contributed by atoms with Crippen LogP contribution in [0.2, 0.25) is 0 Å². The molecular formula is C31H26N4O4S. The monoisotopic (exact) mass is 550 g/mol. The summed E-state index contributed by atoms with van der Waals surface area (Å²) in [7, 11) is -4.05. The molecule has 1 aliphatic rings. The summed E-state index contributed by atoms with van der Waals surface area (Å²) in [6.45, 7) is 2.02. The van der Waals surface area contributed by atoms with Gasteiger partial charge in [0.1, 0.15) is 28.8 Å². The molecule has 6 rings (SSSR count). The molecule has 0 bridgehead atoms. The van der Waals surface area contributed by atoms with Gasteiger partial charge >= 0.3 is 0 Å². The molecule has 1 aromatic heterocycles. The van der Waals surface area contributed by atoms with Gasteiger partial charge in [0, 0.05) is 11.9 Å². The Balaban J connectivity index is 1.36. The van der Waals surface area contributed by atoms with E-state index in [-0.39, 0.29) is 34.3 Å². The number of hydrogen-bond donors (Lipinski definition) is 3. The largest absolute Gasteiger partial charge is 0.505 e. The number of para-hydroxylation sites is 2. The molecule has 8 nitrogen and oxygen atoms in total. The van der Waals surface area contributed by atoms with E-state index in [9.17, 15) is 13.5 Å². The van der Waals surface area contributed by atoms with Crippen LogP contribution in [0.4, 0.5) is 5.69 Å². The maximum Gasteiger partial charge on any atom is 0.268 e. The predicted octanol–water partition coefficient (Wildman–Crippen LogP) is 6.25. The smallest absolute Gasteiger partial charge is 0.268 e. The van der Waals surface area contributed by atoms with Gasteiger partial charge in [-0.3, -0.25) is 10.4 Å². The minimum Gasteiger partial charge on any atom is -0.505 e. The van der Waals surface area contributed by atoms with Crippen LogP contribution < -0.4 is 15.2 Å². The molecule has 5 aromatic rings. The van der Waals surface area contributed by atoms with Crippen LogP contribution in [0.3, 0.4) is 0 Å². The summed E-state index contributed by atoms with van der Waals surface area (Å²) < 4.78 is 34.7. The van der Waals surface area contributed by atoms with E-state index in [2.05, 4.69) is 5.43 Å². The zero-order chi connectivity index (χ0) is 27.9. The maximum absolute atomic E-state index is 13.8. The summed E-state index contributed by atoms with van der Waals surface area (Å²) in [4.78, 5) is 0.109. The Morgan fingerprint density at radius 2 is 1.52 bits per heavy atom. The number of fused-ring (bicyclic) bond motifs is 1. The Labute approximate surface area is 231 Å². The third-order valence-corrected chi connectivity index (χ3v) is 8.49. The molecule has 0 atom stereocenters. The van der Waals surface area contributed by atoms with Gasteiger partial charge in [0.15, 0.2) is 0 Å². The SMILES string of the molecule is Cc1ccc(S(=O)(=O)n2c(C(O)=C3CNN(c4ccc(Oc5ccccc5)cc4)C3=N)cc3ccccc32)cc1. The fourth-order valence-corrected chi connectivity index (χ4v) is 6.20. The van der Waals surface area contributed by atoms with Gasteiger partial charge < -0.3 is 9.84 Å². The summed E-state index contributed by atoms with van der Waals surface area (Å²) in [5.74, 6) is 1.09. The van der Waals surface area contributed by atoms with Gasteiger partial charge in [0.25, 0.3) is 10.0 Å². The van der Waals surface area contributed by atoms with Gasteiger partial charge in [-0.05, 0) is 67.6 Å². The van der Waals surface area contributed by atoms with Crippen molar-refractivity contribution in [3.05, 3.63) is 126 Å². The first-order chi connectivity index (χ1) is 19.3. The molecule has 40 heavy (non-hydrogen) atoms. The van der Waals surface area contributed by atoms with Gasteiger partial charge in [0.05, 0.1) is 21.7 Å². The number of nitrogens with one attached hydrogen (secondary N) is 2. The Morgan fingerprint density at radius 1 is 0.875 bits per heavy atom. The number of hydrazine groups is 1. The fourth-order valence-electron chi connectivity index (χ4n) is 4.68. The molecule has 4 aromatic carbocycles. The van der Waals surface area contributed by atoms with Gasteiger partial charge in [-0.25, -0.2) is 17.8 Å². The summed E-state index contributed by atoms with van der Waals surface area (Å²) in [6, 6.07) is 31.9. The third-order valence-electron chi connectivity index (χ3n) is 6.75. The van der Waals surface area contributed by atoms with Crippen LogP contribution in [0.25, 0.3) is 16.7 Å². The summed E-state index contributed by atoms with van der Waals surface area (Å²) in [5.41, 5.74) is 5.52. The number of aliphatic hydroxyl groups is 1. The lowest BCUT2D eigenvalue weighted by atomic mass is 10.1. The number of nitrogens with zero attached hydrogens (tertiary/aromatic N) is 2. The summed E-state index contributed by atoms with van der Waals surface area (Å²) in [5, 5.41) is 22.5. The highest BCUT2D eigenvalue weighted by Crippen LogP contribution is 2.33. The molecule has 0 amide bonds. The number of aromatic nitrogens is 1. The van der Waals surface area contributed by atoms with Crippen molar-refractivity contribution < 1.29 is 18.3 Å². The number of aryl methyl sites for hydroxylation is 1. The van der Waals surface area contributed by atoms with Gasteiger partial charge in [-0.15, -0.1) is 0 Å². The summed E-state index contributed by atoms with van der Waals surface area (Å²) in [6.07, 6.45) is 0. The molecule has 1 saturated heterocycles. The topological polar surface area (TPSA) is 108 Å². The van der Waals surface area contributed by atoms with E-state index in [1.165, 1.54) is 0 Å². The average molecular weight is 551 g/mol. The molecule has 0 unspecified atom stereocenters. The first-order valence-electron chi connectivity index (χ1n) is 12.6. The second kappa shape index (κ2) is 10.0. The Bertz CT molecular complexity index is 1860.